The highest BCUT2D eigenvalue weighted by Gasteiger charge is 2.23. The van der Waals surface area contributed by atoms with E-state index in [9.17, 15) is 25.3 Å². The van der Waals surface area contributed by atoms with Gasteiger partial charge in [-0.1, -0.05) is 12.1 Å². The Kier molecular flexibility index (Phi) is 6.19. The summed E-state index contributed by atoms with van der Waals surface area (Å²) in [6.45, 7) is 1.52. The zero-order valence-electron chi connectivity index (χ0n) is 14.2. The van der Waals surface area contributed by atoms with Crippen molar-refractivity contribution in [3.05, 3.63) is 52.5 Å². The topological polar surface area (TPSA) is 140 Å². The molecular formula is C15H17BrN2O6S3. The minimum atomic E-state index is -4.11. The molecule has 0 spiro atoms. The molecule has 0 radical (unpaired) electrons. The number of hydrogen-bond donors (Lipinski definition) is 2. The number of sulfone groups is 1. The summed E-state index contributed by atoms with van der Waals surface area (Å²) >= 11 is 3.11. The largest absolute Gasteiger partial charge is 0.242 e. The second-order valence-corrected chi connectivity index (χ2v) is 11.9. The Morgan fingerprint density at radius 2 is 1.59 bits per heavy atom. The molecule has 0 aliphatic carbocycles. The molecule has 0 aliphatic rings. The molecule has 0 saturated heterocycles. The molecule has 0 amide bonds. The van der Waals surface area contributed by atoms with Gasteiger partial charge in [-0.05, 0) is 58.7 Å². The molecule has 1 atom stereocenters. The molecule has 0 aromatic heterocycles. The maximum atomic E-state index is 12.7. The van der Waals surface area contributed by atoms with E-state index >= 15 is 0 Å². The minimum Gasteiger partial charge on any atom is -0.225 e. The van der Waals surface area contributed by atoms with E-state index in [0.29, 0.717) is 5.56 Å². The zero-order chi connectivity index (χ0) is 20.6. The van der Waals surface area contributed by atoms with Crippen LogP contribution in [0.15, 0.2) is 61.6 Å². The highest BCUT2D eigenvalue weighted by atomic mass is 79.9. The molecule has 1 unspecified atom stereocenters. The third kappa shape index (κ3) is 5.36. The van der Waals surface area contributed by atoms with E-state index in [1.54, 1.807) is 6.07 Å². The van der Waals surface area contributed by atoms with Crippen LogP contribution < -0.4 is 9.86 Å². The smallest absolute Gasteiger partial charge is 0.225 e. The highest BCUT2D eigenvalue weighted by Crippen LogP contribution is 2.27. The van der Waals surface area contributed by atoms with Crippen LogP contribution >= 0.6 is 15.9 Å². The monoisotopic (exact) mass is 496 g/mol. The quantitative estimate of drug-likeness (QED) is 0.621. The summed E-state index contributed by atoms with van der Waals surface area (Å²) in [6.07, 6.45) is 0.974. The Morgan fingerprint density at radius 3 is 2.15 bits per heavy atom. The van der Waals surface area contributed by atoms with Crippen LogP contribution in [0.3, 0.4) is 0 Å². The van der Waals surface area contributed by atoms with E-state index in [-0.39, 0.29) is 19.2 Å². The van der Waals surface area contributed by atoms with Gasteiger partial charge in [0.2, 0.25) is 20.0 Å². The van der Waals surface area contributed by atoms with Crippen molar-refractivity contribution in [1.82, 2.24) is 4.72 Å². The van der Waals surface area contributed by atoms with Crippen molar-refractivity contribution < 1.29 is 25.3 Å². The first-order chi connectivity index (χ1) is 12.2. The molecule has 0 bridgehead atoms. The van der Waals surface area contributed by atoms with Crippen molar-refractivity contribution in [1.29, 1.82) is 0 Å². The summed E-state index contributed by atoms with van der Waals surface area (Å²) < 4.78 is 74.4. The van der Waals surface area contributed by atoms with Crippen molar-refractivity contribution in [3.8, 4) is 0 Å². The number of nitrogens with two attached hydrogens (primary N) is 1. The van der Waals surface area contributed by atoms with Crippen LogP contribution in [0.5, 0.6) is 0 Å². The van der Waals surface area contributed by atoms with Crippen molar-refractivity contribution >= 4 is 45.8 Å². The second kappa shape index (κ2) is 7.60. The summed E-state index contributed by atoms with van der Waals surface area (Å²) in [5, 5.41) is 5.09. The van der Waals surface area contributed by atoms with Gasteiger partial charge >= 0.3 is 0 Å². The molecule has 12 heteroatoms. The highest BCUT2D eigenvalue weighted by molar-refractivity contribution is 9.10. The summed E-state index contributed by atoms with van der Waals surface area (Å²) in [7, 11) is -11.6. The average Bonchev–Trinajstić information content (AvgIpc) is 2.53. The maximum absolute atomic E-state index is 12.7. The molecule has 3 N–H and O–H groups in total. The number of primary sulfonamides is 1. The lowest BCUT2D eigenvalue weighted by Crippen LogP contribution is -2.27. The van der Waals surface area contributed by atoms with Gasteiger partial charge in [-0.25, -0.2) is 35.1 Å². The van der Waals surface area contributed by atoms with Crippen LogP contribution in [-0.4, -0.2) is 31.5 Å². The predicted octanol–water partition coefficient (Wildman–Crippen LogP) is 1.54. The third-order valence-electron chi connectivity index (χ3n) is 3.64. The molecular weight excluding hydrogens is 480 g/mol. The summed E-state index contributed by atoms with van der Waals surface area (Å²) in [5.41, 5.74) is 0.375. The predicted molar refractivity (Wildman–Crippen MR) is 104 cm³/mol. The first-order valence-corrected chi connectivity index (χ1v) is 13.1. The molecule has 0 aliphatic heterocycles. The van der Waals surface area contributed by atoms with Crippen LogP contribution in [0.2, 0.25) is 0 Å². The number of nitrogens with one attached hydrogen (secondary N) is 1. The van der Waals surface area contributed by atoms with Crippen molar-refractivity contribution in [2.75, 3.05) is 6.26 Å². The molecule has 0 heterocycles. The molecule has 0 fully saturated rings. The van der Waals surface area contributed by atoms with Gasteiger partial charge in [-0.15, -0.1) is 0 Å². The van der Waals surface area contributed by atoms with Gasteiger partial charge in [-0.3, -0.25) is 0 Å². The van der Waals surface area contributed by atoms with Crippen LogP contribution in [0.4, 0.5) is 0 Å². The summed E-state index contributed by atoms with van der Waals surface area (Å²) in [4.78, 5) is -0.541. The van der Waals surface area contributed by atoms with Gasteiger partial charge < -0.3 is 0 Å². The summed E-state index contributed by atoms with van der Waals surface area (Å²) in [5.74, 6) is 0. The van der Waals surface area contributed by atoms with E-state index in [1.165, 1.54) is 37.3 Å². The molecule has 2 rings (SSSR count). The van der Waals surface area contributed by atoms with Crippen LogP contribution in [-0.2, 0) is 29.9 Å². The van der Waals surface area contributed by atoms with E-state index in [4.69, 9.17) is 5.14 Å². The SMILES string of the molecule is CC(NS(=O)(=O)c1cc(S(C)(=O)=O)ccc1Br)c1cccc(S(N)(=O)=O)c1. The first kappa shape index (κ1) is 22.0. The number of sulfonamides is 2. The Balaban J connectivity index is 2.42. The lowest BCUT2D eigenvalue weighted by atomic mass is 10.1. The van der Waals surface area contributed by atoms with E-state index in [0.717, 1.165) is 12.3 Å². The van der Waals surface area contributed by atoms with E-state index in [2.05, 4.69) is 20.7 Å². The van der Waals surface area contributed by atoms with Gasteiger partial charge in [-0.2, -0.15) is 0 Å². The van der Waals surface area contributed by atoms with Gasteiger partial charge in [0.25, 0.3) is 0 Å². The number of rotatable bonds is 6. The van der Waals surface area contributed by atoms with E-state index < -0.39 is 35.9 Å². The fourth-order valence-corrected chi connectivity index (χ4v) is 5.76. The van der Waals surface area contributed by atoms with Crippen molar-refractivity contribution in [2.45, 2.75) is 27.7 Å². The molecule has 0 saturated carbocycles. The van der Waals surface area contributed by atoms with Crippen LogP contribution in [0.1, 0.15) is 18.5 Å². The zero-order valence-corrected chi connectivity index (χ0v) is 18.3. The number of benzene rings is 2. The van der Waals surface area contributed by atoms with Gasteiger partial charge in [0.15, 0.2) is 9.84 Å². The lowest BCUT2D eigenvalue weighted by Gasteiger charge is -2.16. The number of halogens is 1. The van der Waals surface area contributed by atoms with Gasteiger partial charge in [0.1, 0.15) is 0 Å². The minimum absolute atomic E-state index is 0.144. The van der Waals surface area contributed by atoms with Gasteiger partial charge in [0, 0.05) is 16.8 Å². The Hall–Kier alpha value is -1.31. The normalized spacial score (nSPS) is 14.1. The fourth-order valence-electron chi connectivity index (χ4n) is 2.25. The molecule has 148 valence electrons. The molecule has 2 aromatic rings. The van der Waals surface area contributed by atoms with Crippen molar-refractivity contribution in [3.63, 3.8) is 0 Å². The van der Waals surface area contributed by atoms with Crippen LogP contribution in [0.25, 0.3) is 0 Å². The standard InChI is InChI=1S/C15H17BrN2O6S3/c1-10(11-4-3-5-13(8-11)26(17,21)22)18-27(23,24)15-9-12(25(2,19)20)6-7-14(15)16/h3-10,18H,1-2H3,(H2,17,21,22). The van der Waals surface area contributed by atoms with Crippen molar-refractivity contribution in [2.24, 2.45) is 5.14 Å². The average molecular weight is 497 g/mol. The molecule has 8 nitrogen and oxygen atoms in total. The van der Waals surface area contributed by atoms with Crippen LogP contribution in [0, 0.1) is 0 Å². The Bertz CT molecular complexity index is 1190. The molecule has 2 aromatic carbocycles. The van der Waals surface area contributed by atoms with Gasteiger partial charge in [0.05, 0.1) is 14.7 Å². The first-order valence-electron chi connectivity index (χ1n) is 7.36. The third-order valence-corrected chi connectivity index (χ3v) is 8.19. The lowest BCUT2D eigenvalue weighted by molar-refractivity contribution is 0.566. The number of hydrogen-bond acceptors (Lipinski definition) is 6. The second-order valence-electron chi connectivity index (χ2n) is 5.82. The fraction of sp³-hybridized carbons (Fsp3) is 0.200. The Morgan fingerprint density at radius 1 is 0.963 bits per heavy atom. The maximum Gasteiger partial charge on any atom is 0.242 e. The summed E-state index contributed by atoms with van der Waals surface area (Å²) in [6, 6.07) is 8.43. The molecule has 27 heavy (non-hydrogen) atoms. The van der Waals surface area contributed by atoms with E-state index in [1.807, 2.05) is 0 Å². The Labute approximate surface area is 166 Å².